The van der Waals surface area contributed by atoms with Crippen LogP contribution in [0.1, 0.15) is 17.3 Å². The first kappa shape index (κ1) is 15.3. The van der Waals surface area contributed by atoms with Gasteiger partial charge >= 0.3 is 0 Å². The van der Waals surface area contributed by atoms with Gasteiger partial charge in [-0.25, -0.2) is 0 Å². The minimum Gasteiger partial charge on any atom is -0.486 e. The smallest absolute Gasteiger partial charge is 0.175 e. The molecule has 0 radical (unpaired) electrons. The van der Waals surface area contributed by atoms with E-state index in [1.165, 1.54) is 6.92 Å². The summed E-state index contributed by atoms with van der Waals surface area (Å²) in [6.07, 6.45) is 0. The molecule has 23 heavy (non-hydrogen) atoms. The zero-order chi connectivity index (χ0) is 16.2. The van der Waals surface area contributed by atoms with Crippen molar-refractivity contribution in [1.29, 1.82) is 0 Å². The van der Waals surface area contributed by atoms with E-state index in [2.05, 4.69) is 10.6 Å². The van der Waals surface area contributed by atoms with Crippen LogP contribution in [0, 0.1) is 0 Å². The summed E-state index contributed by atoms with van der Waals surface area (Å²) in [4.78, 5) is 11.4. The topological polar surface area (TPSA) is 59.6 Å². The number of hydrogen-bond acceptors (Lipinski definition) is 4. The number of Topliss-reactive ketones (excluding diaryl/α,β-unsaturated/α-hetero) is 1. The van der Waals surface area contributed by atoms with Gasteiger partial charge in [0.15, 0.2) is 22.4 Å². The summed E-state index contributed by atoms with van der Waals surface area (Å²) in [5.41, 5.74) is 2.19. The van der Waals surface area contributed by atoms with E-state index in [1.807, 2.05) is 30.3 Å². The summed E-state index contributed by atoms with van der Waals surface area (Å²) >= 11 is 5.30. The normalized spacial score (nSPS) is 12.4. The molecule has 0 saturated heterocycles. The molecule has 0 fully saturated rings. The number of ether oxygens (including phenoxy) is 2. The summed E-state index contributed by atoms with van der Waals surface area (Å²) in [6, 6.07) is 12.7. The molecule has 1 aliphatic rings. The molecule has 2 aromatic carbocycles. The molecule has 2 aromatic rings. The number of carbonyl (C=O) groups is 1. The van der Waals surface area contributed by atoms with Gasteiger partial charge in [0.1, 0.15) is 13.2 Å². The highest BCUT2D eigenvalue weighted by Gasteiger charge is 2.12. The summed E-state index contributed by atoms with van der Waals surface area (Å²) in [5.74, 6) is 1.44. The number of ketones is 1. The van der Waals surface area contributed by atoms with Crippen molar-refractivity contribution >= 4 is 34.5 Å². The minimum absolute atomic E-state index is 0.0133. The highest BCUT2D eigenvalue weighted by molar-refractivity contribution is 7.80. The van der Waals surface area contributed by atoms with Gasteiger partial charge in [-0.15, -0.1) is 0 Å². The maximum Gasteiger partial charge on any atom is 0.175 e. The lowest BCUT2D eigenvalue weighted by atomic mass is 10.1. The van der Waals surface area contributed by atoms with Crippen LogP contribution in [-0.2, 0) is 0 Å². The first-order valence-corrected chi connectivity index (χ1v) is 7.61. The lowest BCUT2D eigenvalue weighted by Gasteiger charge is -2.19. The molecule has 0 bridgehead atoms. The van der Waals surface area contributed by atoms with Crippen LogP contribution < -0.4 is 20.1 Å². The molecule has 0 aliphatic carbocycles. The van der Waals surface area contributed by atoms with E-state index in [0.29, 0.717) is 29.6 Å². The molecule has 0 unspecified atom stereocenters. The monoisotopic (exact) mass is 328 g/mol. The fraction of sp³-hybridized carbons (Fsp3) is 0.176. The lowest BCUT2D eigenvalue weighted by molar-refractivity contribution is 0.101. The maximum atomic E-state index is 11.4. The molecule has 5 nitrogen and oxygen atoms in total. The van der Waals surface area contributed by atoms with E-state index in [9.17, 15) is 4.79 Å². The standard InChI is InChI=1S/C17H16N2O3S/c1-11(20)12-3-2-4-13(9-12)18-17(23)19-14-5-6-15-16(10-14)22-8-7-21-15/h2-6,9-10H,7-8H2,1H3,(H2,18,19,23). The predicted octanol–water partition coefficient (Wildman–Crippen LogP) is 3.47. The van der Waals surface area contributed by atoms with Crippen molar-refractivity contribution in [3.05, 3.63) is 48.0 Å². The van der Waals surface area contributed by atoms with E-state index in [0.717, 1.165) is 17.1 Å². The number of nitrogens with one attached hydrogen (secondary N) is 2. The molecule has 3 rings (SSSR count). The zero-order valence-electron chi connectivity index (χ0n) is 12.6. The summed E-state index contributed by atoms with van der Waals surface area (Å²) in [6.45, 7) is 2.63. The van der Waals surface area contributed by atoms with Crippen molar-refractivity contribution in [2.24, 2.45) is 0 Å². The third kappa shape index (κ3) is 3.78. The fourth-order valence-electron chi connectivity index (χ4n) is 2.23. The molecule has 0 amide bonds. The molecule has 2 N–H and O–H groups in total. The van der Waals surface area contributed by atoms with Crippen molar-refractivity contribution in [2.45, 2.75) is 6.92 Å². The molecule has 1 aliphatic heterocycles. The average molecular weight is 328 g/mol. The Labute approximate surface area is 139 Å². The first-order valence-electron chi connectivity index (χ1n) is 7.20. The Morgan fingerprint density at radius 3 is 2.43 bits per heavy atom. The highest BCUT2D eigenvalue weighted by Crippen LogP contribution is 2.32. The molecule has 0 spiro atoms. The Balaban J connectivity index is 1.67. The number of benzene rings is 2. The molecular formula is C17H16N2O3S. The van der Waals surface area contributed by atoms with Gasteiger partial charge in [0.2, 0.25) is 0 Å². The lowest BCUT2D eigenvalue weighted by Crippen LogP contribution is -2.20. The third-order valence-electron chi connectivity index (χ3n) is 3.33. The Morgan fingerprint density at radius 2 is 1.70 bits per heavy atom. The largest absolute Gasteiger partial charge is 0.486 e. The number of hydrogen-bond donors (Lipinski definition) is 2. The van der Waals surface area contributed by atoms with Gasteiger partial charge in [-0.1, -0.05) is 12.1 Å². The van der Waals surface area contributed by atoms with Crippen LogP contribution in [0.2, 0.25) is 0 Å². The number of anilines is 2. The third-order valence-corrected chi connectivity index (χ3v) is 3.53. The Kier molecular flexibility index (Phi) is 4.43. The van der Waals surface area contributed by atoms with Gasteiger partial charge in [-0.2, -0.15) is 0 Å². The molecule has 6 heteroatoms. The van der Waals surface area contributed by atoms with Gasteiger partial charge in [0.05, 0.1) is 0 Å². The van der Waals surface area contributed by atoms with Crippen LogP contribution in [-0.4, -0.2) is 24.1 Å². The van der Waals surface area contributed by atoms with E-state index in [1.54, 1.807) is 12.1 Å². The zero-order valence-corrected chi connectivity index (χ0v) is 13.4. The first-order chi connectivity index (χ1) is 11.1. The Morgan fingerprint density at radius 1 is 1.00 bits per heavy atom. The number of thiocarbonyl (C=S) groups is 1. The quantitative estimate of drug-likeness (QED) is 0.664. The summed E-state index contributed by atoms with van der Waals surface area (Å²) in [7, 11) is 0. The summed E-state index contributed by atoms with van der Waals surface area (Å²) in [5, 5.41) is 6.58. The molecular weight excluding hydrogens is 312 g/mol. The molecule has 1 heterocycles. The SMILES string of the molecule is CC(=O)c1cccc(NC(=S)Nc2ccc3c(c2)OCCO3)c1. The fourth-order valence-corrected chi connectivity index (χ4v) is 2.47. The van der Waals surface area contributed by atoms with Crippen LogP contribution in [0.25, 0.3) is 0 Å². The number of fused-ring (bicyclic) bond motifs is 1. The van der Waals surface area contributed by atoms with E-state index in [4.69, 9.17) is 21.7 Å². The molecule has 0 atom stereocenters. The minimum atomic E-state index is 0.0133. The Bertz CT molecular complexity index is 761. The van der Waals surface area contributed by atoms with Crippen molar-refractivity contribution in [2.75, 3.05) is 23.8 Å². The number of rotatable bonds is 3. The van der Waals surface area contributed by atoms with Crippen LogP contribution in [0.4, 0.5) is 11.4 Å². The second kappa shape index (κ2) is 6.66. The van der Waals surface area contributed by atoms with Crippen molar-refractivity contribution in [3.63, 3.8) is 0 Å². The van der Waals surface area contributed by atoms with Crippen molar-refractivity contribution in [1.82, 2.24) is 0 Å². The van der Waals surface area contributed by atoms with E-state index >= 15 is 0 Å². The van der Waals surface area contributed by atoms with Gasteiger partial charge in [-0.3, -0.25) is 4.79 Å². The van der Waals surface area contributed by atoms with Crippen LogP contribution in [0.5, 0.6) is 11.5 Å². The van der Waals surface area contributed by atoms with Crippen molar-refractivity contribution < 1.29 is 14.3 Å². The van der Waals surface area contributed by atoms with Gasteiger partial charge in [-0.05, 0) is 43.4 Å². The molecule has 118 valence electrons. The molecule has 0 aromatic heterocycles. The molecule has 0 saturated carbocycles. The van der Waals surface area contributed by atoms with Gasteiger partial charge in [0.25, 0.3) is 0 Å². The van der Waals surface area contributed by atoms with Crippen molar-refractivity contribution in [3.8, 4) is 11.5 Å². The average Bonchev–Trinajstić information content (AvgIpc) is 2.55. The number of carbonyl (C=O) groups excluding carboxylic acids is 1. The van der Waals surface area contributed by atoms with Crippen LogP contribution in [0.15, 0.2) is 42.5 Å². The van der Waals surface area contributed by atoms with Crippen LogP contribution >= 0.6 is 12.2 Å². The second-order valence-electron chi connectivity index (χ2n) is 5.07. The predicted molar refractivity (Wildman–Crippen MR) is 93.7 cm³/mol. The van der Waals surface area contributed by atoms with E-state index in [-0.39, 0.29) is 5.78 Å². The highest BCUT2D eigenvalue weighted by atomic mass is 32.1. The second-order valence-corrected chi connectivity index (χ2v) is 5.48. The van der Waals surface area contributed by atoms with Crippen LogP contribution in [0.3, 0.4) is 0 Å². The Hall–Kier alpha value is -2.60. The van der Waals surface area contributed by atoms with Gasteiger partial charge < -0.3 is 20.1 Å². The van der Waals surface area contributed by atoms with E-state index < -0.39 is 0 Å². The summed E-state index contributed by atoms with van der Waals surface area (Å²) < 4.78 is 11.0. The maximum absolute atomic E-state index is 11.4. The van der Waals surface area contributed by atoms with Gasteiger partial charge in [0, 0.05) is 23.0 Å².